The van der Waals surface area contributed by atoms with Gasteiger partial charge in [-0.1, -0.05) is 23.8 Å². The molecule has 2 nitrogen and oxygen atoms in total. The molecule has 1 aromatic carbocycles. The Morgan fingerprint density at radius 1 is 1.29 bits per heavy atom. The molecular weight excluding hydrogens is 210 g/mol. The molecule has 0 aromatic heterocycles. The molecule has 0 amide bonds. The number of ether oxygens (including phenoxy) is 1. The van der Waals surface area contributed by atoms with Gasteiger partial charge in [0, 0.05) is 19.2 Å². The zero-order valence-corrected chi connectivity index (χ0v) is 10.7. The molecule has 1 N–H and O–H groups in total. The molecule has 17 heavy (non-hydrogen) atoms. The van der Waals surface area contributed by atoms with E-state index >= 15 is 0 Å². The first kappa shape index (κ1) is 11.2. The largest absolute Gasteiger partial charge is 0.381 e. The molecule has 0 aliphatic heterocycles. The van der Waals surface area contributed by atoms with Crippen molar-refractivity contribution >= 4 is 0 Å². The Labute approximate surface area is 103 Å². The average Bonchev–Trinajstić information content (AvgIpc) is 2.65. The van der Waals surface area contributed by atoms with Crippen LogP contribution >= 0.6 is 0 Å². The van der Waals surface area contributed by atoms with Gasteiger partial charge in [0.1, 0.15) is 0 Å². The van der Waals surface area contributed by atoms with Crippen molar-refractivity contribution in [1.29, 1.82) is 0 Å². The van der Waals surface area contributed by atoms with Gasteiger partial charge in [-0.3, -0.25) is 0 Å². The van der Waals surface area contributed by atoms with E-state index < -0.39 is 0 Å². The van der Waals surface area contributed by atoms with Crippen LogP contribution in [-0.2, 0) is 11.2 Å². The summed E-state index contributed by atoms with van der Waals surface area (Å²) in [7, 11) is 1.81. The molecule has 0 saturated heterocycles. The molecule has 0 heterocycles. The Kier molecular flexibility index (Phi) is 2.93. The fourth-order valence-electron chi connectivity index (χ4n) is 3.07. The highest BCUT2D eigenvalue weighted by Crippen LogP contribution is 2.34. The third-order valence-electron chi connectivity index (χ3n) is 4.24. The molecule has 1 fully saturated rings. The maximum Gasteiger partial charge on any atom is 0.0601 e. The van der Waals surface area contributed by atoms with Crippen molar-refractivity contribution in [3.63, 3.8) is 0 Å². The normalized spacial score (nSPS) is 31.1. The summed E-state index contributed by atoms with van der Waals surface area (Å²) < 4.78 is 5.33. The van der Waals surface area contributed by atoms with Crippen molar-refractivity contribution in [2.75, 3.05) is 7.11 Å². The Morgan fingerprint density at radius 3 is 2.88 bits per heavy atom. The SMILES string of the molecule is COC1CC(NC2CCc3ccc(C)cc32)C1. The Bertz CT molecular complexity index is 409. The zero-order chi connectivity index (χ0) is 11.8. The first-order valence-electron chi connectivity index (χ1n) is 6.64. The van der Waals surface area contributed by atoms with E-state index in [-0.39, 0.29) is 0 Å². The molecule has 3 rings (SSSR count). The van der Waals surface area contributed by atoms with Crippen molar-refractivity contribution in [3.05, 3.63) is 34.9 Å². The maximum absolute atomic E-state index is 5.33. The third kappa shape index (κ3) is 2.12. The van der Waals surface area contributed by atoms with Gasteiger partial charge in [-0.15, -0.1) is 0 Å². The third-order valence-corrected chi connectivity index (χ3v) is 4.24. The smallest absolute Gasteiger partial charge is 0.0601 e. The second-order valence-electron chi connectivity index (χ2n) is 5.49. The molecule has 92 valence electrons. The molecule has 0 radical (unpaired) electrons. The molecule has 0 bridgehead atoms. The van der Waals surface area contributed by atoms with Gasteiger partial charge in [0.05, 0.1) is 6.10 Å². The number of rotatable bonds is 3. The monoisotopic (exact) mass is 231 g/mol. The lowest BCUT2D eigenvalue weighted by Gasteiger charge is -2.37. The van der Waals surface area contributed by atoms with Crippen LogP contribution in [0.2, 0.25) is 0 Å². The minimum atomic E-state index is 0.492. The highest BCUT2D eigenvalue weighted by molar-refractivity contribution is 5.37. The van der Waals surface area contributed by atoms with E-state index in [9.17, 15) is 0 Å². The first-order valence-corrected chi connectivity index (χ1v) is 6.64. The fourth-order valence-corrected chi connectivity index (χ4v) is 3.07. The van der Waals surface area contributed by atoms with Crippen molar-refractivity contribution in [2.24, 2.45) is 0 Å². The Hall–Kier alpha value is -0.860. The van der Waals surface area contributed by atoms with Crippen LogP contribution in [0.1, 0.15) is 42.0 Å². The summed E-state index contributed by atoms with van der Waals surface area (Å²) in [6.45, 7) is 2.18. The number of nitrogens with one attached hydrogen (secondary N) is 1. The summed E-state index contributed by atoms with van der Waals surface area (Å²) in [6.07, 6.45) is 5.33. The number of benzene rings is 1. The summed E-state index contributed by atoms with van der Waals surface area (Å²) in [6, 6.07) is 8.12. The lowest BCUT2D eigenvalue weighted by molar-refractivity contribution is 0.0141. The minimum Gasteiger partial charge on any atom is -0.381 e. The molecule has 2 aliphatic carbocycles. The fraction of sp³-hybridized carbons (Fsp3) is 0.600. The van der Waals surface area contributed by atoms with E-state index in [0.717, 1.165) is 0 Å². The first-order chi connectivity index (χ1) is 8.26. The van der Waals surface area contributed by atoms with Gasteiger partial charge in [0.2, 0.25) is 0 Å². The number of aryl methyl sites for hydroxylation is 2. The number of fused-ring (bicyclic) bond motifs is 1. The van der Waals surface area contributed by atoms with Crippen LogP contribution in [0.5, 0.6) is 0 Å². The number of methoxy groups -OCH3 is 1. The van der Waals surface area contributed by atoms with Crippen molar-refractivity contribution in [2.45, 2.75) is 50.8 Å². The van der Waals surface area contributed by atoms with Crippen molar-refractivity contribution in [3.8, 4) is 0 Å². The van der Waals surface area contributed by atoms with E-state index in [2.05, 4.69) is 30.4 Å². The van der Waals surface area contributed by atoms with Gasteiger partial charge in [0.25, 0.3) is 0 Å². The van der Waals surface area contributed by atoms with Crippen LogP contribution in [0.25, 0.3) is 0 Å². The Morgan fingerprint density at radius 2 is 2.12 bits per heavy atom. The lowest BCUT2D eigenvalue weighted by Crippen LogP contribution is -2.46. The van der Waals surface area contributed by atoms with E-state index in [1.54, 1.807) is 0 Å². The highest BCUT2D eigenvalue weighted by atomic mass is 16.5. The number of hydrogen-bond acceptors (Lipinski definition) is 2. The highest BCUT2D eigenvalue weighted by Gasteiger charge is 2.32. The lowest BCUT2D eigenvalue weighted by atomic mass is 9.88. The second-order valence-corrected chi connectivity index (χ2v) is 5.49. The van der Waals surface area contributed by atoms with Crippen LogP contribution in [0, 0.1) is 6.92 Å². The van der Waals surface area contributed by atoms with E-state index in [1.165, 1.54) is 42.4 Å². The second kappa shape index (κ2) is 4.43. The van der Waals surface area contributed by atoms with Gasteiger partial charge in [-0.2, -0.15) is 0 Å². The van der Waals surface area contributed by atoms with Gasteiger partial charge >= 0.3 is 0 Å². The van der Waals surface area contributed by atoms with Crippen LogP contribution in [-0.4, -0.2) is 19.3 Å². The molecule has 1 saturated carbocycles. The van der Waals surface area contributed by atoms with E-state index in [1.807, 2.05) is 7.11 Å². The van der Waals surface area contributed by atoms with E-state index in [0.29, 0.717) is 18.2 Å². The average molecular weight is 231 g/mol. The molecule has 0 spiro atoms. The minimum absolute atomic E-state index is 0.492. The zero-order valence-electron chi connectivity index (χ0n) is 10.7. The summed E-state index contributed by atoms with van der Waals surface area (Å²) in [5.41, 5.74) is 4.45. The van der Waals surface area contributed by atoms with Crippen molar-refractivity contribution in [1.82, 2.24) is 5.32 Å². The predicted octanol–water partition coefficient (Wildman–Crippen LogP) is 2.75. The molecule has 2 aliphatic rings. The maximum atomic E-state index is 5.33. The molecule has 1 atom stereocenters. The molecule has 1 unspecified atom stereocenters. The van der Waals surface area contributed by atoms with Gasteiger partial charge in [-0.25, -0.2) is 0 Å². The molecule has 2 heteroatoms. The topological polar surface area (TPSA) is 21.3 Å². The Balaban J connectivity index is 1.66. The quantitative estimate of drug-likeness (QED) is 0.863. The van der Waals surface area contributed by atoms with Crippen LogP contribution in [0.4, 0.5) is 0 Å². The van der Waals surface area contributed by atoms with Gasteiger partial charge < -0.3 is 10.1 Å². The van der Waals surface area contributed by atoms with Crippen LogP contribution < -0.4 is 5.32 Å². The van der Waals surface area contributed by atoms with Crippen LogP contribution in [0.15, 0.2) is 18.2 Å². The number of hydrogen-bond donors (Lipinski definition) is 1. The van der Waals surface area contributed by atoms with E-state index in [4.69, 9.17) is 4.74 Å². The van der Waals surface area contributed by atoms with Gasteiger partial charge in [0.15, 0.2) is 0 Å². The summed E-state index contributed by atoms with van der Waals surface area (Å²) >= 11 is 0. The predicted molar refractivity (Wildman–Crippen MR) is 69.2 cm³/mol. The summed E-state index contributed by atoms with van der Waals surface area (Å²) in [4.78, 5) is 0. The van der Waals surface area contributed by atoms with Gasteiger partial charge in [-0.05, 0) is 43.7 Å². The summed E-state index contributed by atoms with van der Waals surface area (Å²) in [5.74, 6) is 0. The van der Waals surface area contributed by atoms with Crippen LogP contribution in [0.3, 0.4) is 0 Å². The standard InChI is InChI=1S/C15H21NO/c1-10-3-4-11-5-6-15(14(11)7-10)16-12-8-13(9-12)17-2/h3-4,7,12-13,15-16H,5-6,8-9H2,1-2H3. The van der Waals surface area contributed by atoms with Crippen molar-refractivity contribution < 1.29 is 4.74 Å². The molecular formula is C15H21NO. The summed E-state index contributed by atoms with van der Waals surface area (Å²) in [5, 5.41) is 3.78. The molecule has 1 aromatic rings.